The highest BCUT2D eigenvalue weighted by atomic mass is 16.7. The maximum Gasteiger partial charge on any atom is 0.306 e. The predicted octanol–water partition coefficient (Wildman–Crippen LogP) is 9.31. The first-order chi connectivity index (χ1) is 24.1. The van der Waals surface area contributed by atoms with Crippen LogP contribution < -0.4 is 0 Å². The number of ether oxygens (including phenoxy) is 3. The summed E-state index contributed by atoms with van der Waals surface area (Å²) >= 11 is 0. The van der Waals surface area contributed by atoms with Gasteiger partial charge < -0.3 is 19.3 Å². The molecule has 1 heterocycles. The van der Waals surface area contributed by atoms with Gasteiger partial charge in [0.2, 0.25) is 5.78 Å². The average Bonchev–Trinajstić information content (AvgIpc) is 3.57. The molecule has 50 heavy (non-hydrogen) atoms. The van der Waals surface area contributed by atoms with Crippen LogP contribution in [0.5, 0.6) is 0 Å². The van der Waals surface area contributed by atoms with Crippen molar-refractivity contribution < 1.29 is 33.7 Å². The van der Waals surface area contributed by atoms with Gasteiger partial charge in [0, 0.05) is 29.6 Å². The van der Waals surface area contributed by atoms with E-state index in [0.29, 0.717) is 32.1 Å². The molecule has 0 aromatic heterocycles. The quantitative estimate of drug-likeness (QED) is 0.0770. The van der Waals surface area contributed by atoms with Crippen LogP contribution in [0.25, 0.3) is 0 Å². The van der Waals surface area contributed by atoms with Crippen LogP contribution >= 0.6 is 0 Å². The van der Waals surface area contributed by atoms with Crippen molar-refractivity contribution in [2.45, 2.75) is 180 Å². The van der Waals surface area contributed by atoms with Gasteiger partial charge in [-0.1, -0.05) is 115 Å². The molecule has 5 rings (SSSR count). The van der Waals surface area contributed by atoms with Crippen LogP contribution in [-0.2, 0) is 28.6 Å². The van der Waals surface area contributed by atoms with Crippen LogP contribution in [0.2, 0.25) is 0 Å². The number of hydrogen-bond donors (Lipinski definition) is 1. The number of Topliss-reactive ketones (excluding diaryl/α,β-unsaturated/α-hetero) is 1. The number of hydrogen-bond acceptors (Lipinski definition) is 7. The van der Waals surface area contributed by atoms with Gasteiger partial charge in [0.1, 0.15) is 0 Å². The number of carbonyl (C=O) groups is 3. The summed E-state index contributed by atoms with van der Waals surface area (Å²) in [7, 11) is 0. The largest absolute Gasteiger partial charge is 0.458 e. The Morgan fingerprint density at radius 2 is 1.64 bits per heavy atom. The zero-order valence-electron chi connectivity index (χ0n) is 31.6. The Bertz CT molecular complexity index is 1270. The smallest absolute Gasteiger partial charge is 0.306 e. The highest BCUT2D eigenvalue weighted by Crippen LogP contribution is 2.69. The first-order valence-electron chi connectivity index (χ1n) is 20.4. The molecule has 1 aliphatic heterocycles. The molecule has 0 bridgehead atoms. The third kappa shape index (κ3) is 8.10. The number of esters is 1. The van der Waals surface area contributed by atoms with Crippen molar-refractivity contribution in [2.75, 3.05) is 6.61 Å². The minimum absolute atomic E-state index is 0.0495. The molecule has 3 fully saturated rings. The molecule has 0 spiro atoms. The maximum absolute atomic E-state index is 14.3. The standard InChI is InChI=1S/C43H66O7/c1-5-7-8-9-10-11-12-13-14-15-16-17-18-19-20-22-38(47)48-30-36(46)43-37(49-39(50-43)21-6-2)28-34-33-24-23-31-27-32(44)25-26-41(31,3)40(33)35(45)29-42(34,43)4/h13-14,23,25-26,33-35,37,39-40,45H,5-12,15-22,24,27-30H2,1-4H3/t33?,34?,35?,37-,39?,40?,41?,42?,43-/m1/s1. The van der Waals surface area contributed by atoms with Gasteiger partial charge in [0.25, 0.3) is 0 Å². The van der Waals surface area contributed by atoms with Crippen molar-refractivity contribution in [1.82, 2.24) is 0 Å². The van der Waals surface area contributed by atoms with Gasteiger partial charge in [-0.3, -0.25) is 14.4 Å². The molecule has 0 aromatic rings. The molecular formula is C43H66O7. The van der Waals surface area contributed by atoms with E-state index < -0.39 is 34.9 Å². The summed E-state index contributed by atoms with van der Waals surface area (Å²) in [4.78, 5) is 39.4. The highest BCUT2D eigenvalue weighted by molar-refractivity contribution is 5.94. The lowest BCUT2D eigenvalue weighted by Gasteiger charge is -2.59. The lowest BCUT2D eigenvalue weighted by atomic mass is 9.47. The molecule has 1 saturated heterocycles. The summed E-state index contributed by atoms with van der Waals surface area (Å²) in [6, 6.07) is 0. The van der Waals surface area contributed by atoms with E-state index in [2.05, 4.69) is 45.9 Å². The van der Waals surface area contributed by atoms with E-state index >= 15 is 0 Å². The molecule has 7 heteroatoms. The monoisotopic (exact) mass is 694 g/mol. The summed E-state index contributed by atoms with van der Waals surface area (Å²) < 4.78 is 18.8. The Hall–Kier alpha value is -2.09. The Balaban J connectivity index is 1.10. The number of ketones is 2. The molecular weight excluding hydrogens is 628 g/mol. The number of carbonyl (C=O) groups excluding carboxylic acids is 3. The Labute approximate surface area is 302 Å². The number of allylic oxidation sites excluding steroid dienone is 6. The third-order valence-corrected chi connectivity index (χ3v) is 13.2. The van der Waals surface area contributed by atoms with Crippen LogP contribution in [0, 0.1) is 28.6 Å². The van der Waals surface area contributed by atoms with Crippen LogP contribution in [-0.4, -0.2) is 53.3 Å². The molecule has 0 radical (unpaired) electrons. The van der Waals surface area contributed by atoms with E-state index in [-0.39, 0.29) is 41.9 Å². The zero-order valence-corrected chi connectivity index (χ0v) is 31.6. The number of unbranched alkanes of at least 4 members (excludes halogenated alkanes) is 11. The van der Waals surface area contributed by atoms with Crippen molar-refractivity contribution in [3.8, 4) is 0 Å². The Morgan fingerprint density at radius 3 is 2.34 bits per heavy atom. The summed E-state index contributed by atoms with van der Waals surface area (Å²) in [6.45, 7) is 8.25. The van der Waals surface area contributed by atoms with Crippen molar-refractivity contribution in [1.29, 1.82) is 0 Å². The maximum atomic E-state index is 14.3. The summed E-state index contributed by atoms with van der Waals surface area (Å²) in [5.41, 5.74) is -1.23. The normalized spacial score (nSPS) is 35.8. The van der Waals surface area contributed by atoms with Gasteiger partial charge in [0.05, 0.1) is 12.2 Å². The fourth-order valence-corrected chi connectivity index (χ4v) is 10.6. The molecule has 7 nitrogen and oxygen atoms in total. The zero-order chi connectivity index (χ0) is 35.8. The number of aliphatic hydroxyl groups is 1. The molecule has 280 valence electrons. The molecule has 7 unspecified atom stereocenters. The van der Waals surface area contributed by atoms with Crippen LogP contribution in [0.4, 0.5) is 0 Å². The first-order valence-corrected chi connectivity index (χ1v) is 20.4. The fraction of sp³-hybridized carbons (Fsp3) is 0.791. The van der Waals surface area contributed by atoms with E-state index in [1.807, 2.05) is 6.08 Å². The SMILES string of the molecule is CCCCCCCCC=CCCCCCCCC(=O)OCC(=O)[C@@]12OC(CCC)O[C@@H]1CC1C3CC=C4CC(=O)C=CC4(C)C3C(O)CC12C. The highest BCUT2D eigenvalue weighted by Gasteiger charge is 2.75. The molecule has 4 aliphatic carbocycles. The second-order valence-electron chi connectivity index (χ2n) is 16.6. The summed E-state index contributed by atoms with van der Waals surface area (Å²) in [6.07, 6.45) is 28.6. The topological polar surface area (TPSA) is 99.1 Å². The van der Waals surface area contributed by atoms with E-state index in [0.717, 1.165) is 50.5 Å². The molecule has 5 aliphatic rings. The van der Waals surface area contributed by atoms with Gasteiger partial charge in [-0.25, -0.2) is 0 Å². The minimum atomic E-state index is -1.27. The third-order valence-electron chi connectivity index (χ3n) is 13.2. The van der Waals surface area contributed by atoms with Crippen molar-refractivity contribution in [3.63, 3.8) is 0 Å². The lowest BCUT2D eigenvalue weighted by Crippen LogP contribution is -2.63. The minimum Gasteiger partial charge on any atom is -0.458 e. The number of aliphatic hydroxyl groups excluding tert-OH is 1. The average molecular weight is 695 g/mol. The van der Waals surface area contributed by atoms with Crippen LogP contribution in [0.3, 0.4) is 0 Å². The lowest BCUT2D eigenvalue weighted by molar-refractivity contribution is -0.200. The van der Waals surface area contributed by atoms with Gasteiger partial charge in [-0.05, 0) is 75.7 Å². The van der Waals surface area contributed by atoms with E-state index in [1.54, 1.807) is 6.08 Å². The Kier molecular flexibility index (Phi) is 13.8. The fourth-order valence-electron chi connectivity index (χ4n) is 10.6. The van der Waals surface area contributed by atoms with Crippen molar-refractivity contribution in [2.24, 2.45) is 28.6 Å². The number of rotatable bonds is 20. The number of fused-ring (bicyclic) bond motifs is 7. The van der Waals surface area contributed by atoms with E-state index in [9.17, 15) is 19.5 Å². The van der Waals surface area contributed by atoms with Gasteiger partial charge >= 0.3 is 5.97 Å². The van der Waals surface area contributed by atoms with Gasteiger partial charge in [0.15, 0.2) is 24.3 Å². The van der Waals surface area contributed by atoms with E-state index in [1.165, 1.54) is 51.4 Å². The Morgan fingerprint density at radius 1 is 0.960 bits per heavy atom. The van der Waals surface area contributed by atoms with Gasteiger partial charge in [-0.15, -0.1) is 0 Å². The second kappa shape index (κ2) is 17.6. The van der Waals surface area contributed by atoms with E-state index in [4.69, 9.17) is 14.2 Å². The van der Waals surface area contributed by atoms with Crippen molar-refractivity contribution >= 4 is 17.5 Å². The summed E-state index contributed by atoms with van der Waals surface area (Å²) in [5.74, 6) is -0.320. The van der Waals surface area contributed by atoms with Crippen LogP contribution in [0.1, 0.15) is 156 Å². The van der Waals surface area contributed by atoms with Gasteiger partial charge in [-0.2, -0.15) is 0 Å². The molecule has 0 amide bonds. The van der Waals surface area contributed by atoms with Crippen molar-refractivity contribution in [3.05, 3.63) is 36.0 Å². The molecule has 0 aromatic carbocycles. The second-order valence-corrected chi connectivity index (χ2v) is 16.6. The predicted molar refractivity (Wildman–Crippen MR) is 196 cm³/mol. The molecule has 9 atom stereocenters. The molecule has 2 saturated carbocycles. The first kappa shape index (κ1) is 39.1. The van der Waals surface area contributed by atoms with Crippen LogP contribution in [0.15, 0.2) is 36.0 Å². The molecule has 1 N–H and O–H groups in total. The summed E-state index contributed by atoms with van der Waals surface area (Å²) in [5, 5.41) is 11.9.